The fraction of sp³-hybridized carbons (Fsp3) is 0.867. The van der Waals surface area contributed by atoms with Crippen molar-refractivity contribution >= 4 is 23.9 Å². The van der Waals surface area contributed by atoms with Gasteiger partial charge in [-0.2, -0.15) is 0 Å². The van der Waals surface area contributed by atoms with Crippen molar-refractivity contribution in [3.05, 3.63) is 0 Å². The predicted molar refractivity (Wildman–Crippen MR) is 157 cm³/mol. The van der Waals surface area contributed by atoms with Crippen LogP contribution >= 0.6 is 0 Å². The molecule has 8 N–H and O–H groups in total. The minimum Gasteiger partial charge on any atom is -0.549 e. The van der Waals surface area contributed by atoms with E-state index in [0.717, 1.165) is 13.1 Å². The number of rotatable bonds is 21. The molecule has 0 unspecified atom stereocenters. The third-order valence-corrected chi connectivity index (χ3v) is 7.90. The fourth-order valence-electron chi connectivity index (χ4n) is 4.89. The Labute approximate surface area is 312 Å². The summed E-state index contributed by atoms with van der Waals surface area (Å²) in [7, 11) is 0. The molecule has 0 amide bonds. The second-order valence-corrected chi connectivity index (χ2v) is 11.3. The molecule has 2 aliphatic carbocycles. The molecular weight excluding hydrogens is 999 g/mol. The van der Waals surface area contributed by atoms with Gasteiger partial charge in [-0.25, -0.2) is 0 Å². The molecule has 0 radical (unpaired) electrons. The Hall–Kier alpha value is -1.06. The van der Waals surface area contributed by atoms with Gasteiger partial charge in [0.1, 0.15) is 0 Å². The van der Waals surface area contributed by atoms with Crippen molar-refractivity contribution in [2.24, 2.45) is 46.6 Å². The molecule has 2 rings (SSSR count). The van der Waals surface area contributed by atoms with E-state index in [1.165, 1.54) is 51.4 Å². The van der Waals surface area contributed by atoms with E-state index in [-0.39, 0.29) is 108 Å². The molecule has 0 aromatic rings. The van der Waals surface area contributed by atoms with Crippen LogP contribution in [0.3, 0.4) is 0 Å². The molecule has 16 nitrogen and oxygen atoms in total. The summed E-state index contributed by atoms with van der Waals surface area (Å²) >= 11 is 0. The first-order chi connectivity index (χ1) is 22.0. The fourth-order valence-corrected chi connectivity index (χ4v) is 4.89. The Balaban J connectivity index is -0.000000815. The summed E-state index contributed by atoms with van der Waals surface area (Å²) in [5, 5.41) is 41.9. The van der Waals surface area contributed by atoms with Crippen LogP contribution in [-0.2, 0) is 80.3 Å². The van der Waals surface area contributed by atoms with Crippen molar-refractivity contribution in [2.45, 2.75) is 76.3 Å². The van der Waals surface area contributed by atoms with Crippen molar-refractivity contribution < 1.29 is 101 Å². The van der Waals surface area contributed by atoms with Crippen molar-refractivity contribution in [3.8, 4) is 0 Å². The molecule has 0 spiro atoms. The van der Waals surface area contributed by atoms with E-state index in [1.807, 2.05) is 0 Å². The molecule has 0 aromatic heterocycles. The minimum absolute atomic E-state index is 0. The molecule has 0 heterocycles. The second kappa shape index (κ2) is 33.1. The molecule has 0 aliphatic heterocycles. The van der Waals surface area contributed by atoms with Crippen LogP contribution in [0, 0.1) is 23.7 Å². The van der Waals surface area contributed by atoms with Gasteiger partial charge in [0.05, 0.1) is 63.5 Å². The van der Waals surface area contributed by atoms with Crippen molar-refractivity contribution in [2.75, 3.05) is 65.9 Å². The predicted octanol–water partition coefficient (Wildman–Crippen LogP) is -5.01. The van der Waals surface area contributed by atoms with Gasteiger partial charge < -0.3 is 81.5 Å². The molecule has 2 fully saturated rings. The Morgan fingerprint density at radius 3 is 0.958 bits per heavy atom. The Morgan fingerprint density at radius 1 is 0.500 bits per heavy atom. The van der Waals surface area contributed by atoms with E-state index in [1.54, 1.807) is 0 Å². The molecule has 0 bridgehead atoms. The van der Waals surface area contributed by atoms with Gasteiger partial charge in [0.15, 0.2) is 0 Å². The van der Waals surface area contributed by atoms with E-state index < -0.39 is 35.7 Å². The number of carbonyl (C=O) groups is 4. The van der Waals surface area contributed by atoms with Gasteiger partial charge in [0.25, 0.3) is 0 Å². The van der Waals surface area contributed by atoms with Gasteiger partial charge in [-0.05, 0) is 63.5 Å². The number of carboxylic acids is 4. The van der Waals surface area contributed by atoms with Gasteiger partial charge >= 0.3 is 42.1 Å². The SMILES string of the molecule is NC[C@@H]1CCCC[C@H]1N.NC[C@@H]1CCCC[C@H]1N.O=C([O-])C(CCOCCOCCOCCOCCC(C(=O)[O-])C(=O)[O-])C(=O)[O-].[Pt+2].[Pt+2]. The van der Waals surface area contributed by atoms with Crippen molar-refractivity contribution in [1.82, 2.24) is 0 Å². The number of hydrogen-bond donors (Lipinski definition) is 4. The first-order valence-corrected chi connectivity index (χ1v) is 16.0. The van der Waals surface area contributed by atoms with Gasteiger partial charge in [0, 0.05) is 37.1 Å². The smallest absolute Gasteiger partial charge is 0.549 e. The average Bonchev–Trinajstić information content (AvgIpc) is 3.01. The number of hydrogen-bond acceptors (Lipinski definition) is 16. The molecule has 2 saturated carbocycles. The van der Waals surface area contributed by atoms with Crippen LogP contribution in [0.4, 0.5) is 0 Å². The first-order valence-electron chi connectivity index (χ1n) is 16.0. The maximum atomic E-state index is 10.5. The molecule has 286 valence electrons. The van der Waals surface area contributed by atoms with E-state index in [0.29, 0.717) is 23.9 Å². The summed E-state index contributed by atoms with van der Waals surface area (Å²) in [5.74, 6) is -9.11. The van der Waals surface area contributed by atoms with Gasteiger partial charge in [0.2, 0.25) is 0 Å². The summed E-state index contributed by atoms with van der Waals surface area (Å²) < 4.78 is 20.4. The normalized spacial score (nSPS) is 20.2. The van der Waals surface area contributed by atoms with Crippen LogP contribution in [0.2, 0.25) is 0 Å². The number of ether oxygens (including phenoxy) is 4. The number of aliphatic carboxylic acids is 4. The molecular formula is C30H54N4O12Pt2. The summed E-state index contributed by atoms with van der Waals surface area (Å²) in [6.07, 6.45) is 9.60. The Kier molecular flexibility index (Phi) is 35.4. The van der Waals surface area contributed by atoms with Crippen LogP contribution in [0.25, 0.3) is 0 Å². The summed E-state index contributed by atoms with van der Waals surface area (Å²) in [6.45, 7) is 2.48. The van der Waals surface area contributed by atoms with Crippen molar-refractivity contribution in [3.63, 3.8) is 0 Å². The zero-order valence-electron chi connectivity index (χ0n) is 27.4. The molecule has 2 aliphatic rings. The van der Waals surface area contributed by atoms with Crippen LogP contribution in [0.1, 0.15) is 64.2 Å². The van der Waals surface area contributed by atoms with Crippen LogP contribution in [0.15, 0.2) is 0 Å². The third kappa shape index (κ3) is 25.8. The van der Waals surface area contributed by atoms with E-state index in [9.17, 15) is 39.6 Å². The maximum Gasteiger partial charge on any atom is 2.00 e. The zero-order valence-corrected chi connectivity index (χ0v) is 32.0. The first kappa shape index (κ1) is 51.3. The summed E-state index contributed by atoms with van der Waals surface area (Å²) in [6, 6.07) is 0.785. The molecule has 48 heavy (non-hydrogen) atoms. The quantitative estimate of drug-likeness (QED) is 0.0618. The van der Waals surface area contributed by atoms with Gasteiger partial charge in [-0.3, -0.25) is 0 Å². The van der Waals surface area contributed by atoms with Crippen LogP contribution < -0.4 is 43.4 Å². The van der Waals surface area contributed by atoms with E-state index in [4.69, 9.17) is 41.9 Å². The van der Waals surface area contributed by atoms with Crippen LogP contribution in [0.5, 0.6) is 0 Å². The largest absolute Gasteiger partial charge is 2.00 e. The monoisotopic (exact) mass is 1050 g/mol. The average molecular weight is 1050 g/mol. The zero-order chi connectivity index (χ0) is 34.7. The van der Waals surface area contributed by atoms with Gasteiger partial charge in [-0.15, -0.1) is 0 Å². The number of carboxylic acid groups (broad SMARTS) is 4. The summed E-state index contributed by atoms with van der Waals surface area (Å²) in [4.78, 5) is 41.9. The Bertz CT molecular complexity index is 756. The topological polar surface area (TPSA) is 302 Å². The second-order valence-electron chi connectivity index (χ2n) is 11.3. The van der Waals surface area contributed by atoms with Crippen molar-refractivity contribution in [1.29, 1.82) is 0 Å². The molecule has 0 aromatic carbocycles. The standard InChI is InChI=1S/C16H26O12.2C7H16N2.2Pt/c17-13(18)11(14(19)20)1-3-25-5-7-27-9-10-28-8-6-26-4-2-12(15(21)22)16(23)24;2*8-5-6-3-1-2-4-7(6)9;;/h11-12H,1-10H2,(H,17,18)(H,19,20)(H,21,22)(H,23,24);2*6-7H,1-5,8-9H2;;/q;;;2*+2/p-4/t;2*6-,7+;;/m.00../s1. The van der Waals surface area contributed by atoms with Crippen LogP contribution in [-0.4, -0.2) is 102 Å². The van der Waals surface area contributed by atoms with E-state index in [2.05, 4.69) is 0 Å². The molecule has 0 saturated heterocycles. The Morgan fingerprint density at radius 2 is 0.750 bits per heavy atom. The maximum absolute atomic E-state index is 10.5. The van der Waals surface area contributed by atoms with E-state index >= 15 is 0 Å². The summed E-state index contributed by atoms with van der Waals surface area (Å²) in [5.41, 5.74) is 22.6. The molecule has 18 heteroatoms. The minimum atomic E-state index is -1.72. The number of carbonyl (C=O) groups excluding carboxylic acids is 4. The molecule has 4 atom stereocenters. The third-order valence-electron chi connectivity index (χ3n) is 7.90. The van der Waals surface area contributed by atoms with Gasteiger partial charge in [-0.1, -0.05) is 25.7 Å². The number of nitrogens with two attached hydrogens (primary N) is 4.